The van der Waals surface area contributed by atoms with Crippen LogP contribution in [0.15, 0.2) is 23.9 Å². The summed E-state index contributed by atoms with van der Waals surface area (Å²) in [5.74, 6) is -0.439. The molecule has 1 aromatic carbocycles. The number of methoxy groups -OCH3 is 1. The maximum atomic E-state index is 13.6. The first kappa shape index (κ1) is 13.3. The van der Waals surface area contributed by atoms with Crippen molar-refractivity contribution in [1.29, 1.82) is 10.5 Å². The molecular formula is C11H7FIN3O. The van der Waals surface area contributed by atoms with E-state index in [-0.39, 0.29) is 11.3 Å². The molecule has 1 rings (SSSR count). The number of allylic oxidation sites excluding steroid dienone is 1. The van der Waals surface area contributed by atoms with Crippen molar-refractivity contribution in [1.82, 2.24) is 0 Å². The molecule has 0 bridgehead atoms. The minimum absolute atomic E-state index is 0.0448. The van der Waals surface area contributed by atoms with Crippen LogP contribution < -0.4 is 10.1 Å². The monoisotopic (exact) mass is 343 g/mol. The van der Waals surface area contributed by atoms with Crippen molar-refractivity contribution in [3.63, 3.8) is 0 Å². The second kappa shape index (κ2) is 6.06. The van der Waals surface area contributed by atoms with Gasteiger partial charge in [0, 0.05) is 6.20 Å². The van der Waals surface area contributed by atoms with Crippen LogP contribution in [-0.4, -0.2) is 7.11 Å². The van der Waals surface area contributed by atoms with Gasteiger partial charge < -0.3 is 10.1 Å². The number of benzene rings is 1. The molecule has 0 saturated carbocycles. The van der Waals surface area contributed by atoms with E-state index in [2.05, 4.69) is 5.32 Å². The molecule has 86 valence electrons. The summed E-state index contributed by atoms with van der Waals surface area (Å²) >= 11 is 1.84. The number of hydrogen-bond donors (Lipinski definition) is 1. The molecule has 0 aliphatic rings. The lowest BCUT2D eigenvalue weighted by Gasteiger charge is -2.09. The molecule has 0 heterocycles. The molecular weight excluding hydrogens is 336 g/mol. The van der Waals surface area contributed by atoms with E-state index in [0.717, 1.165) is 0 Å². The molecule has 0 radical (unpaired) electrons. The molecule has 0 unspecified atom stereocenters. The zero-order chi connectivity index (χ0) is 12.8. The molecule has 0 fully saturated rings. The van der Waals surface area contributed by atoms with Crippen LogP contribution >= 0.6 is 22.6 Å². The molecule has 6 heteroatoms. The normalized spacial score (nSPS) is 8.76. The molecule has 1 N–H and O–H groups in total. The topological polar surface area (TPSA) is 68.8 Å². The lowest BCUT2D eigenvalue weighted by molar-refractivity contribution is 0.387. The highest BCUT2D eigenvalue weighted by Crippen LogP contribution is 2.30. The minimum atomic E-state index is -0.484. The molecule has 0 amide bonds. The van der Waals surface area contributed by atoms with Crippen molar-refractivity contribution in [3.05, 3.63) is 33.3 Å². The largest absolute Gasteiger partial charge is 0.492 e. The number of anilines is 1. The van der Waals surface area contributed by atoms with Gasteiger partial charge in [0.1, 0.15) is 17.7 Å². The summed E-state index contributed by atoms with van der Waals surface area (Å²) in [6.07, 6.45) is 1.20. The molecule has 0 atom stereocenters. The average molecular weight is 343 g/mol. The Labute approximate surface area is 111 Å². The first-order valence-electron chi connectivity index (χ1n) is 4.43. The van der Waals surface area contributed by atoms with Gasteiger partial charge in [-0.2, -0.15) is 10.5 Å². The smallest absolute Gasteiger partial charge is 0.180 e. The van der Waals surface area contributed by atoms with Crippen molar-refractivity contribution in [3.8, 4) is 17.9 Å². The van der Waals surface area contributed by atoms with E-state index in [9.17, 15) is 4.39 Å². The van der Waals surface area contributed by atoms with Crippen molar-refractivity contribution in [2.24, 2.45) is 0 Å². The zero-order valence-corrected chi connectivity index (χ0v) is 10.9. The number of nitrogens with one attached hydrogen (secondary N) is 1. The second-order valence-electron chi connectivity index (χ2n) is 2.87. The van der Waals surface area contributed by atoms with Crippen LogP contribution in [-0.2, 0) is 0 Å². The summed E-state index contributed by atoms with van der Waals surface area (Å²) in [4.78, 5) is 0. The summed E-state index contributed by atoms with van der Waals surface area (Å²) in [7, 11) is 1.35. The fourth-order valence-corrected chi connectivity index (χ4v) is 1.51. The number of rotatable bonds is 3. The van der Waals surface area contributed by atoms with Gasteiger partial charge in [-0.05, 0) is 34.7 Å². The van der Waals surface area contributed by atoms with Gasteiger partial charge in [-0.1, -0.05) is 0 Å². The van der Waals surface area contributed by atoms with Crippen molar-refractivity contribution in [2.45, 2.75) is 0 Å². The summed E-state index contributed by atoms with van der Waals surface area (Å²) in [6.45, 7) is 0. The average Bonchev–Trinajstić information content (AvgIpc) is 2.35. The van der Waals surface area contributed by atoms with Gasteiger partial charge in [0.05, 0.1) is 16.4 Å². The molecule has 17 heavy (non-hydrogen) atoms. The second-order valence-corrected chi connectivity index (χ2v) is 4.03. The molecule has 4 nitrogen and oxygen atoms in total. The lowest BCUT2D eigenvalue weighted by Crippen LogP contribution is -1.98. The van der Waals surface area contributed by atoms with Crippen LogP contribution in [0.3, 0.4) is 0 Å². The Morgan fingerprint density at radius 1 is 1.47 bits per heavy atom. The quantitative estimate of drug-likeness (QED) is 0.677. The first-order valence-corrected chi connectivity index (χ1v) is 5.50. The third-order valence-corrected chi connectivity index (χ3v) is 2.70. The molecule has 0 aromatic heterocycles. The van der Waals surface area contributed by atoms with Gasteiger partial charge >= 0.3 is 0 Å². The van der Waals surface area contributed by atoms with Crippen molar-refractivity contribution < 1.29 is 9.13 Å². The summed E-state index contributed by atoms with van der Waals surface area (Å²) in [6, 6.07) is 6.54. The summed E-state index contributed by atoms with van der Waals surface area (Å²) in [5, 5.41) is 19.7. The molecule has 0 spiro atoms. The molecule has 0 saturated heterocycles. The van der Waals surface area contributed by atoms with Gasteiger partial charge in [0.25, 0.3) is 0 Å². The minimum Gasteiger partial charge on any atom is -0.492 e. The summed E-state index contributed by atoms with van der Waals surface area (Å²) < 4.78 is 19.0. The maximum Gasteiger partial charge on any atom is 0.180 e. The van der Waals surface area contributed by atoms with Gasteiger partial charge in [0.2, 0.25) is 0 Å². The summed E-state index contributed by atoms with van der Waals surface area (Å²) in [5.41, 5.74) is 0.249. The Balaban J connectivity index is 3.10. The van der Waals surface area contributed by atoms with Crippen molar-refractivity contribution >= 4 is 28.3 Å². The van der Waals surface area contributed by atoms with Crippen LogP contribution in [0, 0.1) is 32.0 Å². The number of nitrogens with zero attached hydrogens (tertiary/aromatic N) is 2. The highest BCUT2D eigenvalue weighted by atomic mass is 127. The predicted molar refractivity (Wildman–Crippen MR) is 68.6 cm³/mol. The van der Waals surface area contributed by atoms with Gasteiger partial charge in [-0.3, -0.25) is 0 Å². The Bertz CT molecular complexity index is 527. The third kappa shape index (κ3) is 3.08. The highest BCUT2D eigenvalue weighted by molar-refractivity contribution is 14.1. The zero-order valence-electron chi connectivity index (χ0n) is 8.79. The van der Waals surface area contributed by atoms with Gasteiger partial charge in [-0.25, -0.2) is 4.39 Å². The van der Waals surface area contributed by atoms with Crippen LogP contribution in [0.4, 0.5) is 10.1 Å². The Morgan fingerprint density at radius 3 is 2.65 bits per heavy atom. The van der Waals surface area contributed by atoms with E-state index < -0.39 is 5.82 Å². The van der Waals surface area contributed by atoms with E-state index >= 15 is 0 Å². The Morgan fingerprint density at radius 2 is 2.12 bits per heavy atom. The van der Waals surface area contributed by atoms with E-state index in [1.54, 1.807) is 24.3 Å². The van der Waals surface area contributed by atoms with E-state index in [1.807, 2.05) is 22.6 Å². The molecule has 1 aromatic rings. The fraction of sp³-hybridized carbons (Fsp3) is 0.0909. The standard InChI is InChI=1S/C11H7FIN3O/c1-17-11-9(3-2-8(13)10(11)12)16-6-7(4-14)5-15/h2-3,6,16H,1H3. The van der Waals surface area contributed by atoms with Gasteiger partial charge in [0.15, 0.2) is 11.6 Å². The SMILES string of the molecule is COc1c(NC=C(C#N)C#N)ccc(I)c1F. The predicted octanol–water partition coefficient (Wildman–Crippen LogP) is 2.78. The van der Waals surface area contributed by atoms with Crippen LogP contribution in [0.5, 0.6) is 5.75 Å². The van der Waals surface area contributed by atoms with E-state index in [1.165, 1.54) is 13.3 Å². The van der Waals surface area contributed by atoms with Crippen LogP contribution in [0.1, 0.15) is 0 Å². The van der Waals surface area contributed by atoms with Crippen molar-refractivity contribution in [2.75, 3.05) is 12.4 Å². The third-order valence-electron chi connectivity index (χ3n) is 1.87. The first-order chi connectivity index (χ1) is 8.13. The van der Waals surface area contributed by atoms with Crippen LogP contribution in [0.2, 0.25) is 0 Å². The highest BCUT2D eigenvalue weighted by Gasteiger charge is 2.11. The maximum absolute atomic E-state index is 13.6. The molecule has 0 aliphatic carbocycles. The lowest BCUT2D eigenvalue weighted by atomic mass is 10.2. The molecule has 0 aliphatic heterocycles. The van der Waals surface area contributed by atoms with E-state index in [0.29, 0.717) is 9.26 Å². The number of hydrogen-bond acceptors (Lipinski definition) is 4. The van der Waals surface area contributed by atoms with E-state index in [4.69, 9.17) is 15.3 Å². The number of halogens is 2. The Hall–Kier alpha value is -1.80. The van der Waals surface area contributed by atoms with Gasteiger partial charge in [-0.15, -0.1) is 0 Å². The van der Waals surface area contributed by atoms with Crippen LogP contribution in [0.25, 0.3) is 0 Å². The fourth-order valence-electron chi connectivity index (χ4n) is 1.08. The number of ether oxygens (including phenoxy) is 1. The Kier molecular flexibility index (Phi) is 4.73. The number of nitriles is 2.